The first-order valence-electron chi connectivity index (χ1n) is 16.9. The highest BCUT2D eigenvalue weighted by Gasteiger charge is 2.42. The highest BCUT2D eigenvalue weighted by molar-refractivity contribution is 7.92. The summed E-state index contributed by atoms with van der Waals surface area (Å²) in [4.78, 5) is 18.9. The van der Waals surface area contributed by atoms with Crippen LogP contribution >= 0.6 is 0 Å². The normalized spacial score (nSPS) is 15.8. The molecule has 11 nitrogen and oxygen atoms in total. The fourth-order valence-electron chi connectivity index (χ4n) is 6.94. The van der Waals surface area contributed by atoms with Gasteiger partial charge in [-0.05, 0) is 47.4 Å². The molecule has 0 saturated carbocycles. The van der Waals surface area contributed by atoms with E-state index in [1.165, 1.54) is 6.20 Å². The van der Waals surface area contributed by atoms with Crippen LogP contribution in [0.3, 0.4) is 0 Å². The standard InChI is InChI=1S/C40H36N6O5S/c1-27-26-46-38(51-27)35(25-42-46)52(48,45-40(29-12-6-3-7-13-29,30-14-8-4-9-15-30)31-16-10-5-11-17-31)44-39(47)43-37-32(18-19-34-33(37)21-23-50-34)28-20-22-41-36(24-28)49-2/h3-20,22,24-25,27H,21,23,26H2,1-2H3,(H2,43,44,45,47,48). The van der Waals surface area contributed by atoms with Crippen LogP contribution in [-0.2, 0) is 28.4 Å². The number of hydrogen-bond acceptors (Lipinski definition) is 7. The lowest BCUT2D eigenvalue weighted by atomic mass is 9.78. The molecule has 2 N–H and O–H groups in total. The molecular weight excluding hydrogens is 677 g/mol. The van der Waals surface area contributed by atoms with Crippen LogP contribution in [0.15, 0.2) is 137 Å². The zero-order chi connectivity index (χ0) is 35.7. The Morgan fingerprint density at radius 3 is 2.23 bits per heavy atom. The lowest BCUT2D eigenvalue weighted by Gasteiger charge is -2.37. The molecule has 2 atom stereocenters. The lowest BCUT2D eigenvalue weighted by molar-refractivity contribution is 0.248. The fraction of sp³-hybridized carbons (Fsp3) is 0.175. The van der Waals surface area contributed by atoms with Gasteiger partial charge in [-0.2, -0.15) is 5.10 Å². The maximum Gasteiger partial charge on any atom is 0.354 e. The van der Waals surface area contributed by atoms with Crippen molar-refractivity contribution in [3.8, 4) is 28.6 Å². The molecule has 262 valence electrons. The molecule has 12 heteroatoms. The maximum absolute atomic E-state index is 16.0. The number of urea groups is 1. The molecule has 0 saturated heterocycles. The van der Waals surface area contributed by atoms with E-state index in [2.05, 4.69) is 24.5 Å². The number of methoxy groups -OCH3 is 1. The van der Waals surface area contributed by atoms with Crippen LogP contribution in [0.25, 0.3) is 11.1 Å². The molecule has 0 spiro atoms. The number of amides is 2. The maximum atomic E-state index is 16.0. The predicted octanol–water partition coefficient (Wildman–Crippen LogP) is 7.23. The van der Waals surface area contributed by atoms with E-state index in [0.717, 1.165) is 27.8 Å². The monoisotopic (exact) mass is 712 g/mol. The van der Waals surface area contributed by atoms with Gasteiger partial charge in [-0.25, -0.2) is 23.4 Å². The Balaban J connectivity index is 1.33. The van der Waals surface area contributed by atoms with E-state index in [4.69, 9.17) is 14.2 Å². The molecule has 4 aromatic carbocycles. The number of nitrogens with one attached hydrogen (secondary N) is 2. The van der Waals surface area contributed by atoms with Crippen LogP contribution in [0.5, 0.6) is 17.5 Å². The number of fused-ring (bicyclic) bond motifs is 2. The number of carbonyl (C=O) groups excluding carboxylic acids is 1. The van der Waals surface area contributed by atoms with Gasteiger partial charge in [0, 0.05) is 29.8 Å². The zero-order valence-electron chi connectivity index (χ0n) is 28.6. The number of ether oxygens (including phenoxy) is 3. The predicted molar refractivity (Wildman–Crippen MR) is 198 cm³/mol. The molecule has 2 amide bonds. The molecule has 2 aliphatic heterocycles. The zero-order valence-corrected chi connectivity index (χ0v) is 29.4. The summed E-state index contributed by atoms with van der Waals surface area (Å²) >= 11 is 0. The van der Waals surface area contributed by atoms with E-state index in [-0.39, 0.29) is 11.0 Å². The van der Waals surface area contributed by atoms with Crippen LogP contribution in [0, 0.1) is 0 Å². The number of hydrogen-bond donors (Lipinski definition) is 2. The third-order valence-corrected chi connectivity index (χ3v) is 11.2. The molecule has 0 fully saturated rings. The minimum absolute atomic E-state index is 0.167. The van der Waals surface area contributed by atoms with E-state index >= 15 is 4.21 Å². The number of rotatable bonds is 9. The van der Waals surface area contributed by atoms with Crippen molar-refractivity contribution in [1.82, 2.24) is 19.5 Å². The van der Waals surface area contributed by atoms with Crippen molar-refractivity contribution in [3.05, 3.63) is 150 Å². The molecule has 0 radical (unpaired) electrons. The Morgan fingerprint density at radius 1 is 0.942 bits per heavy atom. The van der Waals surface area contributed by atoms with E-state index in [9.17, 15) is 4.79 Å². The molecule has 0 aliphatic carbocycles. The second kappa shape index (κ2) is 13.6. The number of benzene rings is 4. The van der Waals surface area contributed by atoms with Crippen molar-refractivity contribution in [2.75, 3.05) is 19.0 Å². The van der Waals surface area contributed by atoms with Gasteiger partial charge in [-0.15, -0.1) is 4.36 Å². The highest BCUT2D eigenvalue weighted by Crippen LogP contribution is 2.42. The van der Waals surface area contributed by atoms with Crippen LogP contribution in [-0.4, -0.2) is 44.8 Å². The smallest absolute Gasteiger partial charge is 0.354 e. The van der Waals surface area contributed by atoms with Gasteiger partial charge in [-0.3, -0.25) is 0 Å². The van der Waals surface area contributed by atoms with Gasteiger partial charge in [0.15, 0.2) is 9.92 Å². The fourth-order valence-corrected chi connectivity index (χ4v) is 8.82. The number of nitrogens with zero attached hydrogens (tertiary/aromatic N) is 4. The molecule has 6 aromatic rings. The molecule has 0 bridgehead atoms. The minimum Gasteiger partial charge on any atom is -0.493 e. The summed E-state index contributed by atoms with van der Waals surface area (Å²) in [6.07, 6.45) is 3.47. The van der Waals surface area contributed by atoms with Gasteiger partial charge in [0.1, 0.15) is 22.3 Å². The summed E-state index contributed by atoms with van der Waals surface area (Å²) in [6, 6.07) is 35.7. The Bertz CT molecular complexity index is 2280. The second-order valence-electron chi connectivity index (χ2n) is 12.6. The van der Waals surface area contributed by atoms with Crippen LogP contribution in [0.1, 0.15) is 29.2 Å². The van der Waals surface area contributed by atoms with Crippen LogP contribution in [0.2, 0.25) is 0 Å². The Hall–Kier alpha value is -5.98. The second-order valence-corrected chi connectivity index (χ2v) is 14.5. The molecule has 8 rings (SSSR count). The largest absolute Gasteiger partial charge is 0.493 e. The number of pyridine rings is 1. The summed E-state index contributed by atoms with van der Waals surface area (Å²) in [6.45, 7) is 2.84. The molecular formula is C40H36N6O5S. The first-order chi connectivity index (χ1) is 25.4. The van der Waals surface area contributed by atoms with Gasteiger partial charge in [0.2, 0.25) is 11.8 Å². The summed E-state index contributed by atoms with van der Waals surface area (Å²) in [5.41, 5.74) is 3.93. The highest BCUT2D eigenvalue weighted by atomic mass is 32.2. The van der Waals surface area contributed by atoms with Crippen molar-refractivity contribution in [3.63, 3.8) is 0 Å². The van der Waals surface area contributed by atoms with E-state index in [1.807, 2.05) is 116 Å². The van der Waals surface area contributed by atoms with Crippen molar-refractivity contribution in [1.29, 1.82) is 0 Å². The van der Waals surface area contributed by atoms with Gasteiger partial charge < -0.3 is 19.5 Å². The van der Waals surface area contributed by atoms with Crippen LogP contribution < -0.4 is 24.2 Å². The first kappa shape index (κ1) is 33.2. The molecule has 2 unspecified atom stereocenters. The van der Waals surface area contributed by atoms with Crippen molar-refractivity contribution >= 4 is 21.6 Å². The summed E-state index contributed by atoms with van der Waals surface area (Å²) < 4.78 is 43.1. The summed E-state index contributed by atoms with van der Waals surface area (Å²) in [5, 5.41) is 7.53. The van der Waals surface area contributed by atoms with E-state index < -0.39 is 21.5 Å². The average molecular weight is 713 g/mol. The van der Waals surface area contributed by atoms with Crippen molar-refractivity contribution in [2.45, 2.75) is 36.4 Å². The quantitative estimate of drug-likeness (QED) is 0.152. The van der Waals surface area contributed by atoms with E-state index in [0.29, 0.717) is 48.3 Å². The average Bonchev–Trinajstić information content (AvgIpc) is 3.92. The number of aromatic nitrogens is 3. The van der Waals surface area contributed by atoms with Crippen molar-refractivity contribution < 1.29 is 23.2 Å². The van der Waals surface area contributed by atoms with Gasteiger partial charge in [0.05, 0.1) is 32.1 Å². The Labute approximate surface area is 301 Å². The number of carbonyl (C=O) groups is 1. The summed E-state index contributed by atoms with van der Waals surface area (Å²) in [7, 11) is -2.36. The third-order valence-electron chi connectivity index (χ3n) is 9.29. The first-order valence-corrected chi connectivity index (χ1v) is 18.4. The van der Waals surface area contributed by atoms with Crippen LogP contribution in [0.4, 0.5) is 10.5 Å². The molecule has 4 heterocycles. The topological polar surface area (TPSA) is 129 Å². The van der Waals surface area contributed by atoms with E-state index in [1.54, 1.807) is 24.1 Å². The lowest BCUT2D eigenvalue weighted by Crippen LogP contribution is -2.48. The third kappa shape index (κ3) is 5.95. The molecule has 2 aromatic heterocycles. The number of anilines is 1. The molecule has 2 aliphatic rings. The van der Waals surface area contributed by atoms with Gasteiger partial charge in [-0.1, -0.05) is 91.0 Å². The molecule has 52 heavy (non-hydrogen) atoms. The summed E-state index contributed by atoms with van der Waals surface area (Å²) in [5.74, 6) is 1.38. The Morgan fingerprint density at radius 2 is 1.60 bits per heavy atom. The Kier molecular flexibility index (Phi) is 8.69. The van der Waals surface area contributed by atoms with Gasteiger partial charge in [0.25, 0.3) is 0 Å². The van der Waals surface area contributed by atoms with Gasteiger partial charge >= 0.3 is 6.03 Å². The SMILES string of the molecule is COc1cc(-c2ccc3c(c2NC(=O)N=S(=O)(NC(c2ccccc2)(c2ccccc2)c2ccccc2)c2cnn4c2OC(C)C4)CCO3)ccn1. The van der Waals surface area contributed by atoms with Crippen molar-refractivity contribution in [2.24, 2.45) is 4.36 Å². The minimum atomic E-state index is -3.90.